The van der Waals surface area contributed by atoms with Gasteiger partial charge in [-0.05, 0) is 60.8 Å². The number of carboxylic acids is 1. The summed E-state index contributed by atoms with van der Waals surface area (Å²) in [6, 6.07) is 15.1. The molecule has 3 saturated carbocycles. The van der Waals surface area contributed by atoms with Gasteiger partial charge in [-0.1, -0.05) is 48.0 Å². The van der Waals surface area contributed by atoms with Crippen molar-refractivity contribution in [2.45, 2.75) is 25.7 Å². The van der Waals surface area contributed by atoms with Gasteiger partial charge < -0.3 is 5.11 Å². The van der Waals surface area contributed by atoms with Crippen LogP contribution in [-0.4, -0.2) is 16.9 Å². The van der Waals surface area contributed by atoms with Crippen LogP contribution >= 0.6 is 11.6 Å². The maximum Gasteiger partial charge on any atom is 0.307 e. The molecule has 2 bridgehead atoms. The van der Waals surface area contributed by atoms with Gasteiger partial charge in [0.1, 0.15) is 0 Å². The van der Waals surface area contributed by atoms with Crippen LogP contribution in [-0.2, 0) is 4.79 Å². The van der Waals surface area contributed by atoms with E-state index in [-0.39, 0.29) is 23.5 Å². The Morgan fingerprint density at radius 2 is 1.23 bits per heavy atom. The highest BCUT2D eigenvalue weighted by Gasteiger charge is 2.50. The number of hydrogen-bond acceptors (Lipinski definition) is 2. The summed E-state index contributed by atoms with van der Waals surface area (Å²) in [5.41, 5.74) is 2.67. The summed E-state index contributed by atoms with van der Waals surface area (Å²) in [4.78, 5) is 24.9. The molecular formula is C22H21ClO3. The Bertz CT molecular complexity index is 817. The number of carbonyl (C=O) groups excluding carboxylic acids is 1. The van der Waals surface area contributed by atoms with E-state index in [1.807, 2.05) is 48.5 Å². The van der Waals surface area contributed by atoms with E-state index >= 15 is 0 Å². The number of rotatable bonds is 4. The molecule has 0 radical (unpaired) electrons. The molecule has 0 spiro atoms. The predicted molar refractivity (Wildman–Crippen MR) is 101 cm³/mol. The van der Waals surface area contributed by atoms with Crippen LogP contribution in [0.2, 0.25) is 5.02 Å². The molecule has 3 fully saturated rings. The summed E-state index contributed by atoms with van der Waals surface area (Å²) in [5, 5.41) is 10.4. The first kappa shape index (κ1) is 17.3. The molecule has 1 N–H and O–H groups in total. The number of aliphatic carboxylic acids is 1. The molecular weight excluding hydrogens is 348 g/mol. The van der Waals surface area contributed by atoms with Gasteiger partial charge in [0.05, 0.1) is 5.92 Å². The van der Waals surface area contributed by atoms with Gasteiger partial charge in [0, 0.05) is 16.5 Å². The molecule has 3 nitrogen and oxygen atoms in total. The zero-order chi connectivity index (χ0) is 18.3. The quantitative estimate of drug-likeness (QED) is 0.742. The number of fused-ring (bicyclic) bond motifs is 3. The van der Waals surface area contributed by atoms with Gasteiger partial charge in [0.25, 0.3) is 0 Å². The summed E-state index contributed by atoms with van der Waals surface area (Å²) in [5.74, 6) is -1.35. The molecule has 4 heteroatoms. The molecule has 0 aliphatic heterocycles. The maximum atomic E-state index is 13.1. The zero-order valence-corrected chi connectivity index (χ0v) is 15.2. The largest absolute Gasteiger partial charge is 0.481 e. The summed E-state index contributed by atoms with van der Waals surface area (Å²) in [6.07, 6.45) is 3.85. The van der Waals surface area contributed by atoms with Crippen LogP contribution in [0.4, 0.5) is 0 Å². The summed E-state index contributed by atoms with van der Waals surface area (Å²) in [6.45, 7) is 0. The summed E-state index contributed by atoms with van der Waals surface area (Å²) in [7, 11) is 0. The molecule has 0 heterocycles. The standard InChI is InChI=1S/C22H21ClO3/c23-18-11-9-14(10-12-18)13-1-7-17(8-2-13)21(24)19-15-3-5-16(6-4-15)20(19)22(25)26/h1-2,7-12,15-16,19-20H,3-6H2,(H,25,26). The van der Waals surface area contributed by atoms with Crippen LogP contribution in [0.3, 0.4) is 0 Å². The average Bonchev–Trinajstić information content (AvgIpc) is 2.68. The first-order valence-electron chi connectivity index (χ1n) is 9.17. The number of benzene rings is 2. The number of Topliss-reactive ketones (excluding diaryl/α,β-unsaturated/α-hetero) is 1. The molecule has 2 aromatic carbocycles. The Morgan fingerprint density at radius 3 is 1.73 bits per heavy atom. The van der Waals surface area contributed by atoms with Gasteiger partial charge in [0.15, 0.2) is 5.78 Å². The highest BCUT2D eigenvalue weighted by molar-refractivity contribution is 6.30. The second-order valence-electron chi connectivity index (χ2n) is 7.51. The summed E-state index contributed by atoms with van der Waals surface area (Å²) >= 11 is 5.93. The highest BCUT2D eigenvalue weighted by Crippen LogP contribution is 2.50. The van der Waals surface area contributed by atoms with Crippen molar-refractivity contribution in [2.24, 2.45) is 23.7 Å². The Balaban J connectivity index is 1.59. The van der Waals surface area contributed by atoms with E-state index in [1.54, 1.807) is 0 Å². The normalized spacial score (nSPS) is 27.3. The van der Waals surface area contributed by atoms with E-state index in [2.05, 4.69) is 0 Å². The molecule has 2 atom stereocenters. The monoisotopic (exact) mass is 368 g/mol. The average molecular weight is 369 g/mol. The third-order valence-electron chi connectivity index (χ3n) is 6.15. The molecule has 2 aromatic rings. The lowest BCUT2D eigenvalue weighted by Gasteiger charge is -2.46. The first-order chi connectivity index (χ1) is 12.5. The molecule has 26 heavy (non-hydrogen) atoms. The molecule has 0 saturated heterocycles. The minimum atomic E-state index is -0.810. The fourth-order valence-electron chi connectivity index (χ4n) is 4.84. The molecule has 5 rings (SSSR count). The third-order valence-corrected chi connectivity index (χ3v) is 6.41. The molecule has 0 amide bonds. The Kier molecular flexibility index (Phi) is 4.58. The van der Waals surface area contributed by atoms with Crippen molar-refractivity contribution in [1.29, 1.82) is 0 Å². The van der Waals surface area contributed by atoms with E-state index < -0.39 is 11.9 Å². The van der Waals surface area contributed by atoms with E-state index in [0.29, 0.717) is 10.6 Å². The van der Waals surface area contributed by atoms with Crippen molar-refractivity contribution in [3.05, 3.63) is 59.1 Å². The van der Waals surface area contributed by atoms with E-state index in [0.717, 1.165) is 36.8 Å². The zero-order valence-electron chi connectivity index (χ0n) is 14.4. The number of carboxylic acid groups (broad SMARTS) is 1. The Hall–Kier alpha value is -2.13. The lowest BCUT2D eigenvalue weighted by Crippen LogP contribution is -2.47. The smallest absolute Gasteiger partial charge is 0.307 e. The topological polar surface area (TPSA) is 54.4 Å². The van der Waals surface area contributed by atoms with Crippen molar-refractivity contribution < 1.29 is 14.7 Å². The lowest BCUT2D eigenvalue weighted by molar-refractivity contribution is -0.150. The lowest BCUT2D eigenvalue weighted by atomic mass is 9.57. The van der Waals surface area contributed by atoms with Crippen molar-refractivity contribution in [2.75, 3.05) is 0 Å². The van der Waals surface area contributed by atoms with Gasteiger partial charge >= 0.3 is 5.97 Å². The van der Waals surface area contributed by atoms with Crippen LogP contribution in [0.25, 0.3) is 11.1 Å². The fraction of sp³-hybridized carbons (Fsp3) is 0.364. The molecule has 0 aromatic heterocycles. The number of halogens is 1. The van der Waals surface area contributed by atoms with Crippen molar-refractivity contribution in [3.63, 3.8) is 0 Å². The minimum absolute atomic E-state index is 0.00513. The van der Waals surface area contributed by atoms with E-state index in [1.165, 1.54) is 0 Å². The Labute approximate surface area is 158 Å². The van der Waals surface area contributed by atoms with Gasteiger partial charge in [-0.25, -0.2) is 0 Å². The van der Waals surface area contributed by atoms with Gasteiger partial charge in [-0.3, -0.25) is 9.59 Å². The number of carbonyl (C=O) groups is 2. The minimum Gasteiger partial charge on any atom is -0.481 e. The van der Waals surface area contributed by atoms with Gasteiger partial charge in [-0.2, -0.15) is 0 Å². The second-order valence-corrected chi connectivity index (χ2v) is 7.95. The molecule has 134 valence electrons. The second kappa shape index (κ2) is 6.88. The Morgan fingerprint density at radius 1 is 0.769 bits per heavy atom. The van der Waals surface area contributed by atoms with Gasteiger partial charge in [-0.15, -0.1) is 0 Å². The van der Waals surface area contributed by atoms with Crippen LogP contribution in [0.1, 0.15) is 36.0 Å². The fourth-order valence-corrected chi connectivity index (χ4v) is 4.97. The summed E-state index contributed by atoms with van der Waals surface area (Å²) < 4.78 is 0. The van der Waals surface area contributed by atoms with Crippen LogP contribution in [0, 0.1) is 23.7 Å². The first-order valence-corrected chi connectivity index (χ1v) is 9.55. The van der Waals surface area contributed by atoms with Crippen LogP contribution in [0.5, 0.6) is 0 Å². The molecule has 3 aliphatic carbocycles. The highest BCUT2D eigenvalue weighted by atomic mass is 35.5. The predicted octanol–water partition coefficient (Wildman–Crippen LogP) is 5.33. The van der Waals surface area contributed by atoms with Crippen LogP contribution < -0.4 is 0 Å². The van der Waals surface area contributed by atoms with Crippen LogP contribution in [0.15, 0.2) is 48.5 Å². The van der Waals surface area contributed by atoms with Crippen molar-refractivity contribution in [1.82, 2.24) is 0 Å². The third kappa shape index (κ3) is 3.05. The van der Waals surface area contributed by atoms with Gasteiger partial charge in [0.2, 0.25) is 0 Å². The SMILES string of the molecule is O=C(O)C1C2CCC(CC2)C1C(=O)c1ccc(-c2ccc(Cl)cc2)cc1. The number of hydrogen-bond donors (Lipinski definition) is 1. The van der Waals surface area contributed by atoms with E-state index in [4.69, 9.17) is 11.6 Å². The maximum absolute atomic E-state index is 13.1. The van der Waals surface area contributed by atoms with Crippen molar-refractivity contribution in [3.8, 4) is 11.1 Å². The molecule has 3 aliphatic rings. The van der Waals surface area contributed by atoms with Crippen molar-refractivity contribution >= 4 is 23.4 Å². The van der Waals surface area contributed by atoms with E-state index in [9.17, 15) is 14.7 Å². The molecule has 2 unspecified atom stereocenters. The number of ketones is 1.